The van der Waals surface area contributed by atoms with Crippen LogP contribution < -0.4 is 4.90 Å². The Labute approximate surface area is 99.9 Å². The molecule has 2 rings (SSSR count). The van der Waals surface area contributed by atoms with E-state index in [2.05, 4.69) is 0 Å². The number of anilines is 1. The molecule has 0 aliphatic heterocycles. The van der Waals surface area contributed by atoms with E-state index >= 15 is 0 Å². The summed E-state index contributed by atoms with van der Waals surface area (Å²) in [6, 6.07) is 4.43. The fourth-order valence-corrected chi connectivity index (χ4v) is 2.00. The van der Waals surface area contributed by atoms with E-state index in [0.29, 0.717) is 18.2 Å². The molecule has 0 saturated heterocycles. The van der Waals surface area contributed by atoms with E-state index in [1.807, 2.05) is 11.8 Å². The Morgan fingerprint density at radius 1 is 1.53 bits per heavy atom. The number of rotatable bonds is 5. The summed E-state index contributed by atoms with van der Waals surface area (Å²) in [6.45, 7) is 3.47. The van der Waals surface area contributed by atoms with Gasteiger partial charge in [-0.25, -0.2) is 9.18 Å². The molecule has 1 aliphatic carbocycles. The number of aromatic carboxylic acids is 1. The first-order valence-corrected chi connectivity index (χ1v) is 5.90. The molecular formula is C13H16FNO2. The highest BCUT2D eigenvalue weighted by molar-refractivity contribution is 5.94. The van der Waals surface area contributed by atoms with Gasteiger partial charge in [0.1, 0.15) is 11.4 Å². The first-order valence-electron chi connectivity index (χ1n) is 5.90. The summed E-state index contributed by atoms with van der Waals surface area (Å²) in [6.07, 6.45) is 2.38. The van der Waals surface area contributed by atoms with Gasteiger partial charge >= 0.3 is 5.97 Å². The van der Waals surface area contributed by atoms with Gasteiger partial charge in [0.2, 0.25) is 0 Å². The smallest absolute Gasteiger partial charge is 0.340 e. The van der Waals surface area contributed by atoms with Crippen molar-refractivity contribution in [1.82, 2.24) is 0 Å². The Balaban J connectivity index is 2.33. The maximum absolute atomic E-state index is 13.5. The van der Waals surface area contributed by atoms with E-state index in [4.69, 9.17) is 5.11 Å². The zero-order valence-electron chi connectivity index (χ0n) is 9.82. The molecule has 17 heavy (non-hydrogen) atoms. The first-order chi connectivity index (χ1) is 8.13. The van der Waals surface area contributed by atoms with Gasteiger partial charge in [-0.1, -0.05) is 6.07 Å². The second-order valence-electron chi connectivity index (χ2n) is 4.42. The molecule has 1 fully saturated rings. The summed E-state index contributed by atoms with van der Waals surface area (Å²) < 4.78 is 13.5. The minimum Gasteiger partial charge on any atom is -0.478 e. The molecule has 0 aromatic heterocycles. The van der Waals surface area contributed by atoms with E-state index in [1.54, 1.807) is 12.1 Å². The van der Waals surface area contributed by atoms with Crippen LogP contribution in [0.3, 0.4) is 0 Å². The second kappa shape index (κ2) is 4.73. The molecule has 0 radical (unpaired) electrons. The lowest BCUT2D eigenvalue weighted by atomic mass is 10.1. The van der Waals surface area contributed by atoms with Crippen LogP contribution in [0.5, 0.6) is 0 Å². The van der Waals surface area contributed by atoms with Crippen LogP contribution in [0.15, 0.2) is 18.2 Å². The molecule has 0 heterocycles. The Morgan fingerprint density at radius 2 is 2.24 bits per heavy atom. The highest BCUT2D eigenvalue weighted by Crippen LogP contribution is 2.32. The molecule has 1 aromatic carbocycles. The van der Waals surface area contributed by atoms with E-state index in [0.717, 1.165) is 6.54 Å². The van der Waals surface area contributed by atoms with E-state index in [1.165, 1.54) is 18.9 Å². The molecule has 0 unspecified atom stereocenters. The summed E-state index contributed by atoms with van der Waals surface area (Å²) in [4.78, 5) is 13.0. The average molecular weight is 237 g/mol. The number of hydrogen-bond donors (Lipinski definition) is 1. The summed E-state index contributed by atoms with van der Waals surface area (Å²) in [7, 11) is 0. The van der Waals surface area contributed by atoms with Crippen molar-refractivity contribution < 1.29 is 14.3 Å². The van der Waals surface area contributed by atoms with E-state index in [9.17, 15) is 9.18 Å². The molecule has 1 aromatic rings. The molecule has 1 saturated carbocycles. The number of nitrogens with zero attached hydrogens (tertiary/aromatic N) is 1. The summed E-state index contributed by atoms with van der Waals surface area (Å²) in [5.74, 6) is -1.23. The molecule has 92 valence electrons. The van der Waals surface area contributed by atoms with Gasteiger partial charge in [0, 0.05) is 13.1 Å². The summed E-state index contributed by atoms with van der Waals surface area (Å²) in [5.41, 5.74) is 0.280. The van der Waals surface area contributed by atoms with Gasteiger partial charge in [-0.2, -0.15) is 0 Å². The molecular weight excluding hydrogens is 221 g/mol. The maximum atomic E-state index is 13.5. The molecule has 0 bridgehead atoms. The Bertz CT molecular complexity index is 429. The van der Waals surface area contributed by atoms with Crippen molar-refractivity contribution in [3.63, 3.8) is 0 Å². The second-order valence-corrected chi connectivity index (χ2v) is 4.42. The van der Waals surface area contributed by atoms with Gasteiger partial charge in [-0.3, -0.25) is 0 Å². The SMILES string of the molecule is CCN(CC1CC1)c1cccc(F)c1C(=O)O. The summed E-state index contributed by atoms with van der Waals surface area (Å²) >= 11 is 0. The zero-order valence-corrected chi connectivity index (χ0v) is 9.82. The van der Waals surface area contributed by atoms with E-state index < -0.39 is 11.8 Å². The lowest BCUT2D eigenvalue weighted by molar-refractivity contribution is 0.0692. The van der Waals surface area contributed by atoms with Crippen molar-refractivity contribution in [2.45, 2.75) is 19.8 Å². The van der Waals surface area contributed by atoms with Crippen LogP contribution in [0.2, 0.25) is 0 Å². The minimum atomic E-state index is -1.20. The van der Waals surface area contributed by atoms with Crippen LogP contribution in [-0.2, 0) is 0 Å². The fraction of sp³-hybridized carbons (Fsp3) is 0.462. The molecule has 1 aliphatic rings. The largest absolute Gasteiger partial charge is 0.478 e. The monoisotopic (exact) mass is 237 g/mol. The standard InChI is InChI=1S/C13H16FNO2/c1-2-15(8-9-6-7-9)11-5-3-4-10(14)12(11)13(16)17/h3-5,9H,2,6-8H2,1H3,(H,16,17). The third-order valence-corrected chi connectivity index (χ3v) is 3.10. The first kappa shape index (κ1) is 11.9. The average Bonchev–Trinajstić information content (AvgIpc) is 3.08. The van der Waals surface area contributed by atoms with Crippen molar-refractivity contribution in [2.75, 3.05) is 18.0 Å². The normalized spacial score (nSPS) is 14.7. The topological polar surface area (TPSA) is 40.5 Å². The third-order valence-electron chi connectivity index (χ3n) is 3.10. The van der Waals surface area contributed by atoms with Crippen LogP contribution in [-0.4, -0.2) is 24.2 Å². The van der Waals surface area contributed by atoms with Crippen molar-refractivity contribution in [2.24, 2.45) is 5.92 Å². The van der Waals surface area contributed by atoms with Crippen molar-refractivity contribution >= 4 is 11.7 Å². The number of carboxylic acids is 1. The number of halogens is 1. The van der Waals surface area contributed by atoms with Crippen molar-refractivity contribution in [3.8, 4) is 0 Å². The minimum absolute atomic E-state index is 0.213. The van der Waals surface area contributed by atoms with Crippen molar-refractivity contribution in [1.29, 1.82) is 0 Å². The summed E-state index contributed by atoms with van der Waals surface area (Å²) in [5, 5.41) is 9.07. The van der Waals surface area contributed by atoms with Gasteiger partial charge in [-0.05, 0) is 37.8 Å². The van der Waals surface area contributed by atoms with Gasteiger partial charge < -0.3 is 10.0 Å². The van der Waals surface area contributed by atoms with Gasteiger partial charge in [0.25, 0.3) is 0 Å². The number of benzene rings is 1. The Morgan fingerprint density at radius 3 is 2.76 bits per heavy atom. The fourth-order valence-electron chi connectivity index (χ4n) is 2.00. The highest BCUT2D eigenvalue weighted by Gasteiger charge is 2.26. The van der Waals surface area contributed by atoms with E-state index in [-0.39, 0.29) is 5.56 Å². The lowest BCUT2D eigenvalue weighted by Gasteiger charge is -2.24. The molecule has 0 amide bonds. The Hall–Kier alpha value is -1.58. The van der Waals surface area contributed by atoms with Gasteiger partial charge in [-0.15, -0.1) is 0 Å². The predicted molar refractivity (Wildman–Crippen MR) is 64.0 cm³/mol. The lowest BCUT2D eigenvalue weighted by Crippen LogP contribution is -2.27. The number of carbonyl (C=O) groups is 1. The third kappa shape index (κ3) is 2.57. The van der Waals surface area contributed by atoms with Crippen molar-refractivity contribution in [3.05, 3.63) is 29.6 Å². The maximum Gasteiger partial charge on any atom is 0.340 e. The van der Waals surface area contributed by atoms with Crippen LogP contribution in [0.4, 0.5) is 10.1 Å². The molecule has 3 nitrogen and oxygen atoms in total. The highest BCUT2D eigenvalue weighted by atomic mass is 19.1. The van der Waals surface area contributed by atoms with Crippen LogP contribution in [0, 0.1) is 11.7 Å². The molecule has 4 heteroatoms. The Kier molecular flexibility index (Phi) is 3.31. The molecule has 0 spiro atoms. The molecule has 0 atom stereocenters. The van der Waals surface area contributed by atoms with Crippen LogP contribution in [0.1, 0.15) is 30.1 Å². The van der Waals surface area contributed by atoms with Crippen LogP contribution in [0.25, 0.3) is 0 Å². The quantitative estimate of drug-likeness (QED) is 0.856. The predicted octanol–water partition coefficient (Wildman–Crippen LogP) is 2.76. The van der Waals surface area contributed by atoms with Gasteiger partial charge in [0.15, 0.2) is 0 Å². The zero-order chi connectivity index (χ0) is 12.4. The molecule has 1 N–H and O–H groups in total. The van der Waals surface area contributed by atoms with Crippen LogP contribution >= 0.6 is 0 Å². The number of carboxylic acid groups (broad SMARTS) is 1. The number of hydrogen-bond acceptors (Lipinski definition) is 2. The van der Waals surface area contributed by atoms with Gasteiger partial charge in [0.05, 0.1) is 5.69 Å².